The molecular weight excluding hydrogens is 224 g/mol. The first-order valence-corrected chi connectivity index (χ1v) is 7.49. The molecule has 0 aromatic heterocycles. The lowest BCUT2D eigenvalue weighted by molar-refractivity contribution is -0.118. The van der Waals surface area contributed by atoms with Crippen LogP contribution in [-0.4, -0.2) is 55.4 Å². The maximum Gasteiger partial charge on any atom is 0.127 e. The van der Waals surface area contributed by atoms with Crippen molar-refractivity contribution in [3.8, 4) is 0 Å². The van der Waals surface area contributed by atoms with E-state index in [0.717, 1.165) is 32.5 Å². The summed E-state index contributed by atoms with van der Waals surface area (Å²) in [5, 5.41) is 0. The van der Waals surface area contributed by atoms with Crippen LogP contribution in [0.1, 0.15) is 46.5 Å². The molecule has 1 heterocycles. The minimum atomic E-state index is -0.129. The van der Waals surface area contributed by atoms with Gasteiger partial charge in [0.05, 0.1) is 0 Å². The molecule has 3 heteroatoms. The summed E-state index contributed by atoms with van der Waals surface area (Å²) in [6.07, 6.45) is 5.50. The number of hydrogen-bond donors (Lipinski definition) is 0. The quantitative estimate of drug-likeness (QED) is 0.680. The van der Waals surface area contributed by atoms with Gasteiger partial charge < -0.3 is 9.69 Å². The third-order valence-corrected chi connectivity index (χ3v) is 4.67. The van der Waals surface area contributed by atoms with Crippen molar-refractivity contribution in [3.05, 3.63) is 0 Å². The molecule has 0 aliphatic carbocycles. The fourth-order valence-corrected chi connectivity index (χ4v) is 2.97. The number of aldehydes is 1. The highest BCUT2D eigenvalue weighted by molar-refractivity contribution is 5.59. The Hall–Kier alpha value is -0.410. The lowest BCUT2D eigenvalue weighted by atomic mass is 9.83. The van der Waals surface area contributed by atoms with E-state index in [0.29, 0.717) is 6.04 Å². The van der Waals surface area contributed by atoms with E-state index in [-0.39, 0.29) is 5.41 Å². The average molecular weight is 254 g/mol. The van der Waals surface area contributed by atoms with Crippen molar-refractivity contribution < 1.29 is 4.79 Å². The van der Waals surface area contributed by atoms with E-state index in [1.54, 1.807) is 0 Å². The highest BCUT2D eigenvalue weighted by atomic mass is 16.1. The van der Waals surface area contributed by atoms with E-state index in [9.17, 15) is 4.79 Å². The van der Waals surface area contributed by atoms with Crippen molar-refractivity contribution in [2.24, 2.45) is 5.41 Å². The van der Waals surface area contributed by atoms with E-state index < -0.39 is 0 Å². The van der Waals surface area contributed by atoms with Crippen molar-refractivity contribution in [3.63, 3.8) is 0 Å². The molecule has 0 spiro atoms. The van der Waals surface area contributed by atoms with Crippen LogP contribution in [0.4, 0.5) is 0 Å². The Balaban J connectivity index is 2.75. The molecular formula is C15H30N2O. The molecule has 18 heavy (non-hydrogen) atoms. The predicted molar refractivity (Wildman–Crippen MR) is 76.8 cm³/mol. The molecule has 1 saturated heterocycles. The standard InChI is InChI=1S/C15H30N2O/c1-5-14-11-16(4)9-8-10-17(14)12-15(6-2,7-3)13-18/h13-14H,5-12H2,1-4H3. The van der Waals surface area contributed by atoms with E-state index in [2.05, 4.69) is 37.6 Å². The summed E-state index contributed by atoms with van der Waals surface area (Å²) in [5.41, 5.74) is -0.129. The molecule has 0 saturated carbocycles. The van der Waals surface area contributed by atoms with Crippen LogP contribution in [-0.2, 0) is 4.79 Å². The van der Waals surface area contributed by atoms with Gasteiger partial charge in [0, 0.05) is 24.5 Å². The molecule has 0 aromatic carbocycles. The zero-order chi connectivity index (χ0) is 13.6. The highest BCUT2D eigenvalue weighted by Gasteiger charge is 2.32. The molecule has 0 bridgehead atoms. The van der Waals surface area contributed by atoms with E-state index in [1.807, 2.05) is 0 Å². The third-order valence-electron chi connectivity index (χ3n) is 4.67. The van der Waals surface area contributed by atoms with Crippen LogP contribution in [0.2, 0.25) is 0 Å². The summed E-state index contributed by atoms with van der Waals surface area (Å²) in [7, 11) is 2.21. The molecule has 1 rings (SSSR count). The molecule has 0 amide bonds. The molecule has 1 aliphatic rings. The fourth-order valence-electron chi connectivity index (χ4n) is 2.97. The maximum absolute atomic E-state index is 11.5. The second-order valence-electron chi connectivity index (χ2n) is 5.84. The molecule has 0 radical (unpaired) electrons. The Morgan fingerprint density at radius 1 is 1.22 bits per heavy atom. The van der Waals surface area contributed by atoms with Crippen molar-refractivity contribution in [2.75, 3.05) is 33.2 Å². The van der Waals surface area contributed by atoms with Crippen LogP contribution in [0.5, 0.6) is 0 Å². The summed E-state index contributed by atoms with van der Waals surface area (Å²) in [6.45, 7) is 10.9. The van der Waals surface area contributed by atoms with Crippen LogP contribution in [0.15, 0.2) is 0 Å². The molecule has 3 nitrogen and oxygen atoms in total. The second kappa shape index (κ2) is 7.25. The Morgan fingerprint density at radius 3 is 2.39 bits per heavy atom. The van der Waals surface area contributed by atoms with Crippen LogP contribution < -0.4 is 0 Å². The Morgan fingerprint density at radius 2 is 1.89 bits per heavy atom. The van der Waals surface area contributed by atoms with Gasteiger partial charge in [-0.15, -0.1) is 0 Å². The summed E-state index contributed by atoms with van der Waals surface area (Å²) < 4.78 is 0. The monoisotopic (exact) mass is 254 g/mol. The van der Waals surface area contributed by atoms with Crippen molar-refractivity contribution in [1.82, 2.24) is 9.80 Å². The van der Waals surface area contributed by atoms with Crippen LogP contribution in [0.25, 0.3) is 0 Å². The number of nitrogens with zero attached hydrogens (tertiary/aromatic N) is 2. The highest BCUT2D eigenvalue weighted by Crippen LogP contribution is 2.27. The van der Waals surface area contributed by atoms with E-state index in [1.165, 1.54) is 25.7 Å². The molecule has 1 fully saturated rings. The summed E-state index contributed by atoms with van der Waals surface area (Å²) in [6, 6.07) is 0.606. The lowest BCUT2D eigenvalue weighted by Gasteiger charge is -2.37. The van der Waals surface area contributed by atoms with Crippen LogP contribution in [0, 0.1) is 5.41 Å². The van der Waals surface area contributed by atoms with Gasteiger partial charge in [-0.1, -0.05) is 20.8 Å². The zero-order valence-corrected chi connectivity index (χ0v) is 12.6. The van der Waals surface area contributed by atoms with Crippen LogP contribution in [0.3, 0.4) is 0 Å². The summed E-state index contributed by atoms with van der Waals surface area (Å²) in [5.74, 6) is 0. The number of carbonyl (C=O) groups is 1. The molecule has 106 valence electrons. The molecule has 1 aliphatic heterocycles. The first-order valence-electron chi connectivity index (χ1n) is 7.49. The number of likely N-dealkylation sites (N-methyl/N-ethyl adjacent to an activating group) is 1. The summed E-state index contributed by atoms with van der Waals surface area (Å²) >= 11 is 0. The second-order valence-corrected chi connectivity index (χ2v) is 5.84. The molecule has 0 N–H and O–H groups in total. The van der Waals surface area contributed by atoms with Gasteiger partial charge in [0.1, 0.15) is 6.29 Å². The van der Waals surface area contributed by atoms with Gasteiger partial charge in [-0.2, -0.15) is 0 Å². The normalized spacial score (nSPS) is 23.9. The zero-order valence-electron chi connectivity index (χ0n) is 12.6. The van der Waals surface area contributed by atoms with Gasteiger partial charge in [-0.3, -0.25) is 4.90 Å². The maximum atomic E-state index is 11.5. The first kappa shape index (κ1) is 15.6. The third kappa shape index (κ3) is 3.79. The lowest BCUT2D eigenvalue weighted by Crippen LogP contribution is -2.46. The Kier molecular flexibility index (Phi) is 6.30. The van der Waals surface area contributed by atoms with Gasteiger partial charge in [0.2, 0.25) is 0 Å². The van der Waals surface area contributed by atoms with Gasteiger partial charge >= 0.3 is 0 Å². The smallest absolute Gasteiger partial charge is 0.127 e. The largest absolute Gasteiger partial charge is 0.305 e. The number of rotatable bonds is 6. The number of carbonyl (C=O) groups excluding carboxylic acids is 1. The first-order chi connectivity index (χ1) is 8.60. The molecule has 1 atom stereocenters. The average Bonchev–Trinajstić information content (AvgIpc) is 2.57. The summed E-state index contributed by atoms with van der Waals surface area (Å²) in [4.78, 5) is 16.5. The predicted octanol–water partition coefficient (Wildman–Crippen LogP) is 2.41. The topological polar surface area (TPSA) is 23.6 Å². The molecule has 0 aromatic rings. The SMILES string of the molecule is CCC1CN(C)CCCN1CC(C=O)(CC)CC. The van der Waals surface area contributed by atoms with Gasteiger partial charge in [0.15, 0.2) is 0 Å². The number of hydrogen-bond acceptors (Lipinski definition) is 3. The fraction of sp³-hybridized carbons (Fsp3) is 0.933. The van der Waals surface area contributed by atoms with E-state index >= 15 is 0 Å². The Bertz CT molecular complexity index is 251. The van der Waals surface area contributed by atoms with E-state index in [4.69, 9.17) is 0 Å². The Labute approximate surface area is 113 Å². The minimum Gasteiger partial charge on any atom is -0.305 e. The molecule has 1 unspecified atom stereocenters. The minimum absolute atomic E-state index is 0.129. The van der Waals surface area contributed by atoms with Gasteiger partial charge in [-0.25, -0.2) is 0 Å². The van der Waals surface area contributed by atoms with Crippen molar-refractivity contribution in [2.45, 2.75) is 52.5 Å². The van der Waals surface area contributed by atoms with Gasteiger partial charge in [-0.05, 0) is 45.8 Å². The van der Waals surface area contributed by atoms with Crippen molar-refractivity contribution in [1.29, 1.82) is 0 Å². The van der Waals surface area contributed by atoms with Crippen molar-refractivity contribution >= 4 is 6.29 Å². The van der Waals surface area contributed by atoms with Crippen LogP contribution >= 0.6 is 0 Å². The van der Waals surface area contributed by atoms with Gasteiger partial charge in [0.25, 0.3) is 0 Å².